The molecular weight excluding hydrogens is 218 g/mol. The van der Waals surface area contributed by atoms with Crippen LogP contribution in [0.1, 0.15) is 30.5 Å². The smallest absolute Gasteiger partial charge is 0.185 e. The molecule has 2 atom stereocenters. The first kappa shape index (κ1) is 12.5. The van der Waals surface area contributed by atoms with Gasteiger partial charge in [-0.2, -0.15) is 0 Å². The fourth-order valence-corrected chi connectivity index (χ4v) is 2.72. The quantitative estimate of drug-likeness (QED) is 0.806. The van der Waals surface area contributed by atoms with Crippen LogP contribution >= 0.6 is 0 Å². The molecule has 2 rings (SSSR count). The van der Waals surface area contributed by atoms with Crippen molar-refractivity contribution in [1.82, 2.24) is 4.98 Å². The largest absolute Gasteiger partial charge is 0.384 e. The van der Waals surface area contributed by atoms with Gasteiger partial charge in [-0.1, -0.05) is 6.07 Å². The van der Waals surface area contributed by atoms with Gasteiger partial charge in [0, 0.05) is 32.0 Å². The lowest BCUT2D eigenvalue weighted by molar-refractivity contribution is -0.216. The minimum Gasteiger partial charge on any atom is -0.384 e. The van der Waals surface area contributed by atoms with Crippen LogP contribution in [0.5, 0.6) is 0 Å². The topological polar surface area (TPSA) is 51.6 Å². The summed E-state index contributed by atoms with van der Waals surface area (Å²) in [4.78, 5) is 4.39. The molecule has 1 heterocycles. The molecular formula is C13H19NO3. The third-order valence-corrected chi connectivity index (χ3v) is 3.57. The summed E-state index contributed by atoms with van der Waals surface area (Å²) >= 11 is 0. The Morgan fingerprint density at radius 2 is 2.18 bits per heavy atom. The van der Waals surface area contributed by atoms with Crippen LogP contribution in [0.3, 0.4) is 0 Å². The second kappa shape index (κ2) is 4.72. The maximum absolute atomic E-state index is 10.6. The predicted octanol–water partition coefficient (Wildman–Crippen LogP) is 1.48. The Labute approximate surface area is 102 Å². The summed E-state index contributed by atoms with van der Waals surface area (Å²) in [5, 5.41) is 10.6. The highest BCUT2D eigenvalue weighted by Crippen LogP contribution is 2.41. The fourth-order valence-electron chi connectivity index (χ4n) is 2.72. The standard InChI is InChI=1S/C13H19NO3/c1-13(15,12(16-2)17-3)10-7-6-9-5-4-8-14-11(9)10/h4-5,8,10,12,15H,6-7H2,1-3H3. The van der Waals surface area contributed by atoms with Crippen molar-refractivity contribution in [2.24, 2.45) is 0 Å². The molecule has 0 fully saturated rings. The summed E-state index contributed by atoms with van der Waals surface area (Å²) < 4.78 is 10.4. The van der Waals surface area contributed by atoms with Crippen molar-refractivity contribution < 1.29 is 14.6 Å². The first-order valence-corrected chi connectivity index (χ1v) is 5.83. The van der Waals surface area contributed by atoms with Gasteiger partial charge in [0.25, 0.3) is 0 Å². The van der Waals surface area contributed by atoms with Gasteiger partial charge in [0.2, 0.25) is 0 Å². The number of aromatic nitrogens is 1. The highest BCUT2D eigenvalue weighted by atomic mass is 16.7. The van der Waals surface area contributed by atoms with Gasteiger partial charge >= 0.3 is 0 Å². The summed E-state index contributed by atoms with van der Waals surface area (Å²) in [6.45, 7) is 1.75. The molecule has 2 unspecified atom stereocenters. The second-order valence-electron chi connectivity index (χ2n) is 4.67. The van der Waals surface area contributed by atoms with Crippen molar-refractivity contribution in [1.29, 1.82) is 0 Å². The van der Waals surface area contributed by atoms with Crippen LogP contribution in [0.15, 0.2) is 18.3 Å². The first-order valence-electron chi connectivity index (χ1n) is 5.83. The summed E-state index contributed by atoms with van der Waals surface area (Å²) in [5.74, 6) is -0.0383. The lowest BCUT2D eigenvalue weighted by Crippen LogP contribution is -2.46. The molecule has 4 heteroatoms. The van der Waals surface area contributed by atoms with E-state index in [0.29, 0.717) is 0 Å². The van der Waals surface area contributed by atoms with Crippen LogP contribution < -0.4 is 0 Å². The predicted molar refractivity (Wildman–Crippen MR) is 63.7 cm³/mol. The van der Waals surface area contributed by atoms with Gasteiger partial charge in [-0.25, -0.2) is 0 Å². The zero-order chi connectivity index (χ0) is 12.5. The molecule has 0 spiro atoms. The third kappa shape index (κ3) is 2.08. The van der Waals surface area contributed by atoms with Crippen molar-refractivity contribution >= 4 is 0 Å². The number of aryl methyl sites for hydroxylation is 1. The van der Waals surface area contributed by atoms with Gasteiger partial charge in [0.15, 0.2) is 6.29 Å². The number of fused-ring (bicyclic) bond motifs is 1. The molecule has 94 valence electrons. The molecule has 0 saturated heterocycles. The Balaban J connectivity index is 2.30. The Morgan fingerprint density at radius 3 is 2.82 bits per heavy atom. The minimum atomic E-state index is -1.07. The van der Waals surface area contributed by atoms with E-state index in [1.165, 1.54) is 19.8 Å². The SMILES string of the molecule is COC(OC)C(C)(O)C1CCc2cccnc21. The fraction of sp³-hybridized carbons (Fsp3) is 0.615. The summed E-state index contributed by atoms with van der Waals surface area (Å²) in [6, 6.07) is 3.99. The highest BCUT2D eigenvalue weighted by Gasteiger charge is 2.44. The molecule has 0 aliphatic heterocycles. The van der Waals surface area contributed by atoms with Gasteiger partial charge < -0.3 is 14.6 Å². The van der Waals surface area contributed by atoms with E-state index in [9.17, 15) is 5.11 Å². The molecule has 0 aromatic carbocycles. The van der Waals surface area contributed by atoms with E-state index in [2.05, 4.69) is 11.1 Å². The van der Waals surface area contributed by atoms with Crippen molar-refractivity contribution in [2.75, 3.05) is 14.2 Å². The average Bonchev–Trinajstić information content (AvgIpc) is 2.74. The van der Waals surface area contributed by atoms with Crippen LogP contribution in [0.4, 0.5) is 0 Å². The number of hydrogen-bond donors (Lipinski definition) is 1. The maximum atomic E-state index is 10.6. The van der Waals surface area contributed by atoms with Crippen molar-refractivity contribution in [3.8, 4) is 0 Å². The number of ether oxygens (including phenoxy) is 2. The van der Waals surface area contributed by atoms with E-state index >= 15 is 0 Å². The number of pyridine rings is 1. The van der Waals surface area contributed by atoms with E-state index in [1.807, 2.05) is 6.07 Å². The monoisotopic (exact) mass is 237 g/mol. The van der Waals surface area contributed by atoms with E-state index in [0.717, 1.165) is 18.5 Å². The molecule has 17 heavy (non-hydrogen) atoms. The molecule has 4 nitrogen and oxygen atoms in total. The van der Waals surface area contributed by atoms with Gasteiger partial charge in [-0.3, -0.25) is 4.98 Å². The van der Waals surface area contributed by atoms with Crippen molar-refractivity contribution in [3.63, 3.8) is 0 Å². The summed E-state index contributed by atoms with van der Waals surface area (Å²) in [7, 11) is 3.08. The molecule has 0 saturated carbocycles. The van der Waals surface area contributed by atoms with E-state index in [-0.39, 0.29) is 5.92 Å². The van der Waals surface area contributed by atoms with Crippen LogP contribution in [-0.4, -0.2) is 36.2 Å². The van der Waals surface area contributed by atoms with Crippen LogP contribution in [0.2, 0.25) is 0 Å². The normalized spacial score (nSPS) is 22.5. The molecule has 0 amide bonds. The van der Waals surface area contributed by atoms with Gasteiger partial charge in [0.1, 0.15) is 5.60 Å². The van der Waals surface area contributed by atoms with E-state index < -0.39 is 11.9 Å². The number of hydrogen-bond acceptors (Lipinski definition) is 4. The molecule has 0 bridgehead atoms. The Bertz CT molecular complexity index is 388. The zero-order valence-electron chi connectivity index (χ0n) is 10.5. The molecule has 1 aliphatic rings. The number of aliphatic hydroxyl groups is 1. The number of rotatable bonds is 4. The second-order valence-corrected chi connectivity index (χ2v) is 4.67. The molecule has 0 radical (unpaired) electrons. The minimum absolute atomic E-state index is 0.0383. The number of nitrogens with zero attached hydrogens (tertiary/aromatic N) is 1. The lowest BCUT2D eigenvalue weighted by atomic mass is 9.86. The first-order chi connectivity index (χ1) is 8.11. The maximum Gasteiger partial charge on any atom is 0.185 e. The molecule has 1 aliphatic carbocycles. The van der Waals surface area contributed by atoms with Gasteiger partial charge in [0.05, 0.1) is 0 Å². The Morgan fingerprint density at radius 1 is 1.47 bits per heavy atom. The Kier molecular flexibility index (Phi) is 3.47. The van der Waals surface area contributed by atoms with E-state index in [1.54, 1.807) is 13.1 Å². The van der Waals surface area contributed by atoms with Crippen LogP contribution in [0.25, 0.3) is 0 Å². The molecule has 1 N–H and O–H groups in total. The highest BCUT2D eigenvalue weighted by molar-refractivity contribution is 5.31. The molecule has 1 aromatic heterocycles. The molecule has 1 aromatic rings. The van der Waals surface area contributed by atoms with Crippen LogP contribution in [-0.2, 0) is 15.9 Å². The third-order valence-electron chi connectivity index (χ3n) is 3.57. The lowest BCUT2D eigenvalue weighted by Gasteiger charge is -2.35. The zero-order valence-corrected chi connectivity index (χ0v) is 10.5. The van der Waals surface area contributed by atoms with Crippen LogP contribution in [0, 0.1) is 0 Å². The van der Waals surface area contributed by atoms with Crippen molar-refractivity contribution in [3.05, 3.63) is 29.6 Å². The average molecular weight is 237 g/mol. The van der Waals surface area contributed by atoms with Gasteiger partial charge in [-0.15, -0.1) is 0 Å². The Hall–Kier alpha value is -0.970. The van der Waals surface area contributed by atoms with E-state index in [4.69, 9.17) is 9.47 Å². The number of methoxy groups -OCH3 is 2. The summed E-state index contributed by atoms with van der Waals surface area (Å²) in [6.07, 6.45) is 2.95. The van der Waals surface area contributed by atoms with Gasteiger partial charge in [-0.05, 0) is 31.4 Å². The van der Waals surface area contributed by atoms with Crippen molar-refractivity contribution in [2.45, 2.75) is 37.6 Å². The summed E-state index contributed by atoms with van der Waals surface area (Å²) in [5.41, 5.74) is 1.11.